The smallest absolute Gasteiger partial charge is 0.272 e. The first-order chi connectivity index (χ1) is 14.4. The topological polar surface area (TPSA) is 118 Å². The minimum atomic E-state index is -0.742. The summed E-state index contributed by atoms with van der Waals surface area (Å²) in [5, 5.41) is 14.1. The van der Waals surface area contributed by atoms with Gasteiger partial charge in [0.05, 0.1) is 16.9 Å². The number of hydrogen-bond donors (Lipinski definition) is 3. The lowest BCUT2D eigenvalue weighted by Crippen LogP contribution is -2.41. The predicted molar refractivity (Wildman–Crippen MR) is 124 cm³/mol. The molecule has 0 aliphatic heterocycles. The van der Waals surface area contributed by atoms with E-state index < -0.39 is 5.54 Å². The summed E-state index contributed by atoms with van der Waals surface area (Å²) < 4.78 is 0. The van der Waals surface area contributed by atoms with Gasteiger partial charge in [0.15, 0.2) is 11.7 Å². The molecule has 0 unspecified atom stereocenters. The Bertz CT molecular complexity index is 1020. The van der Waals surface area contributed by atoms with Crippen LogP contribution in [0.25, 0.3) is 5.57 Å². The summed E-state index contributed by atoms with van der Waals surface area (Å²) >= 11 is 6.24. The monoisotopic (exact) mass is 441 g/mol. The van der Waals surface area contributed by atoms with E-state index in [4.69, 9.17) is 17.3 Å². The Labute approximate surface area is 187 Å². The summed E-state index contributed by atoms with van der Waals surface area (Å²) in [5.74, 6) is -0.146. The second kappa shape index (κ2) is 9.70. The highest BCUT2D eigenvalue weighted by atomic mass is 35.5. The molecule has 2 rings (SSSR count). The maximum Gasteiger partial charge on any atom is 0.272 e. The number of nitrogens with one attached hydrogen (secondary N) is 2. The van der Waals surface area contributed by atoms with E-state index in [-0.39, 0.29) is 23.1 Å². The van der Waals surface area contributed by atoms with Gasteiger partial charge in [-0.3, -0.25) is 9.78 Å². The quantitative estimate of drug-likeness (QED) is 0.359. The van der Waals surface area contributed by atoms with Crippen LogP contribution in [0.3, 0.4) is 0 Å². The number of carbonyl (C=O) groups excluding carboxylic acids is 1. The minimum Gasteiger partial charge on any atom is -0.370 e. The number of rotatable bonds is 6. The summed E-state index contributed by atoms with van der Waals surface area (Å²) in [7, 11) is 0. The van der Waals surface area contributed by atoms with Crippen LogP contribution < -0.4 is 16.4 Å². The number of nitrogens with zero attached hydrogens (tertiary/aromatic N) is 4. The van der Waals surface area contributed by atoms with Crippen LogP contribution in [0.5, 0.6) is 0 Å². The molecule has 0 atom stereocenters. The normalized spacial score (nSPS) is 13.0. The first kappa shape index (κ1) is 24.0. The van der Waals surface area contributed by atoms with E-state index in [1.807, 2.05) is 34.6 Å². The van der Waals surface area contributed by atoms with Crippen molar-refractivity contribution in [1.82, 2.24) is 25.8 Å². The van der Waals surface area contributed by atoms with Crippen molar-refractivity contribution in [3.8, 4) is 0 Å². The molecule has 2 aromatic heterocycles. The number of hydrogen-bond acceptors (Lipinski definition) is 5. The number of guanidine groups is 1. The standard InChI is InChI=1S/C22H28ClN7O/c1-7-14(15-11-17(30-27-13-15)19(31)28-21(2,3)4)12-26-20(24)29-22(5,6)18-16(23)9-8-10-25-18/h7-13H,1H2,2-6H3,(H,28,31)(H3,24,26,29)/b14-12+. The van der Waals surface area contributed by atoms with E-state index in [0.717, 1.165) is 0 Å². The molecular weight excluding hydrogens is 414 g/mol. The minimum absolute atomic E-state index is 0.166. The van der Waals surface area contributed by atoms with Crippen molar-refractivity contribution in [3.63, 3.8) is 0 Å². The molecule has 2 aromatic rings. The van der Waals surface area contributed by atoms with Crippen LogP contribution in [-0.2, 0) is 5.54 Å². The van der Waals surface area contributed by atoms with E-state index >= 15 is 0 Å². The predicted octanol–water partition coefficient (Wildman–Crippen LogP) is 3.42. The largest absolute Gasteiger partial charge is 0.370 e. The van der Waals surface area contributed by atoms with Crippen molar-refractivity contribution in [3.05, 3.63) is 71.4 Å². The summed E-state index contributed by atoms with van der Waals surface area (Å²) in [6, 6.07) is 5.14. The number of aromatic nitrogens is 3. The molecule has 164 valence electrons. The van der Waals surface area contributed by atoms with Gasteiger partial charge in [0.25, 0.3) is 5.91 Å². The fourth-order valence-corrected chi connectivity index (χ4v) is 3.03. The molecule has 1 amide bonds. The SMILES string of the molecule is C=C/C(=C\NC(N)=NC(C)(C)c1ncccc1Cl)c1cnnc(C(=O)NC(C)(C)C)c1. The molecule has 4 N–H and O–H groups in total. The van der Waals surface area contributed by atoms with Crippen molar-refractivity contribution in [2.24, 2.45) is 10.7 Å². The van der Waals surface area contributed by atoms with Crippen molar-refractivity contribution >= 4 is 29.0 Å². The van der Waals surface area contributed by atoms with Crippen LogP contribution in [0.4, 0.5) is 0 Å². The molecule has 0 fully saturated rings. The Morgan fingerprint density at radius 1 is 1.29 bits per heavy atom. The third kappa shape index (κ3) is 6.89. The number of halogens is 1. The lowest BCUT2D eigenvalue weighted by molar-refractivity contribution is 0.0913. The number of amides is 1. The molecule has 0 saturated carbocycles. The summed E-state index contributed by atoms with van der Waals surface area (Å²) in [5.41, 5.74) is 7.07. The summed E-state index contributed by atoms with van der Waals surface area (Å²) in [6.45, 7) is 13.2. The molecule has 0 bridgehead atoms. The van der Waals surface area contributed by atoms with Gasteiger partial charge in [-0.1, -0.05) is 24.3 Å². The molecule has 31 heavy (non-hydrogen) atoms. The number of aliphatic imine (C=N–C) groups is 1. The van der Waals surface area contributed by atoms with Crippen LogP contribution in [0.1, 0.15) is 56.4 Å². The molecule has 8 nitrogen and oxygen atoms in total. The van der Waals surface area contributed by atoms with Gasteiger partial charge in [-0.15, -0.1) is 5.10 Å². The zero-order chi connectivity index (χ0) is 23.2. The molecule has 0 aliphatic rings. The third-order valence-electron chi connectivity index (χ3n) is 4.04. The van der Waals surface area contributed by atoms with E-state index in [0.29, 0.717) is 21.9 Å². The van der Waals surface area contributed by atoms with Gasteiger partial charge in [-0.25, -0.2) is 4.99 Å². The molecular formula is C22H28ClN7O. The second-order valence-electron chi connectivity index (χ2n) is 8.37. The molecule has 0 saturated heterocycles. The Morgan fingerprint density at radius 2 is 2.00 bits per heavy atom. The van der Waals surface area contributed by atoms with Crippen LogP contribution in [0.15, 0.2) is 54.4 Å². The van der Waals surface area contributed by atoms with Gasteiger partial charge in [-0.2, -0.15) is 5.10 Å². The average Bonchev–Trinajstić information content (AvgIpc) is 2.67. The first-order valence-corrected chi connectivity index (χ1v) is 10.0. The molecule has 9 heteroatoms. The molecule has 0 aromatic carbocycles. The summed E-state index contributed by atoms with van der Waals surface area (Å²) in [4.78, 5) is 21.2. The van der Waals surface area contributed by atoms with Gasteiger partial charge in [0.1, 0.15) is 5.54 Å². The van der Waals surface area contributed by atoms with E-state index in [2.05, 4.69) is 37.4 Å². The van der Waals surface area contributed by atoms with Crippen LogP contribution in [0.2, 0.25) is 5.02 Å². The molecule has 2 heterocycles. The van der Waals surface area contributed by atoms with Gasteiger partial charge in [0.2, 0.25) is 0 Å². The van der Waals surface area contributed by atoms with Crippen LogP contribution in [0, 0.1) is 0 Å². The van der Waals surface area contributed by atoms with Crippen molar-refractivity contribution in [2.45, 2.75) is 45.7 Å². The fraction of sp³-hybridized carbons (Fsp3) is 0.318. The Hall–Kier alpha value is -3.26. The second-order valence-corrected chi connectivity index (χ2v) is 8.78. The number of nitrogens with two attached hydrogens (primary N) is 1. The molecule has 0 aliphatic carbocycles. The van der Waals surface area contributed by atoms with E-state index in [9.17, 15) is 4.79 Å². The molecule has 0 radical (unpaired) electrons. The Kier molecular flexibility index (Phi) is 7.51. The zero-order valence-electron chi connectivity index (χ0n) is 18.4. The molecule has 0 spiro atoms. The Morgan fingerprint density at radius 3 is 2.61 bits per heavy atom. The first-order valence-electron chi connectivity index (χ1n) is 9.64. The van der Waals surface area contributed by atoms with Crippen molar-refractivity contribution in [1.29, 1.82) is 0 Å². The van der Waals surface area contributed by atoms with Gasteiger partial charge in [0, 0.05) is 23.5 Å². The highest BCUT2D eigenvalue weighted by molar-refractivity contribution is 6.31. The van der Waals surface area contributed by atoms with Gasteiger partial charge < -0.3 is 16.4 Å². The van der Waals surface area contributed by atoms with Crippen molar-refractivity contribution in [2.75, 3.05) is 0 Å². The third-order valence-corrected chi connectivity index (χ3v) is 4.35. The summed E-state index contributed by atoms with van der Waals surface area (Å²) in [6.07, 6.45) is 6.43. The maximum absolute atomic E-state index is 12.4. The van der Waals surface area contributed by atoms with E-state index in [1.165, 1.54) is 6.20 Å². The van der Waals surface area contributed by atoms with Gasteiger partial charge >= 0.3 is 0 Å². The van der Waals surface area contributed by atoms with Crippen LogP contribution in [-0.4, -0.2) is 32.6 Å². The highest BCUT2D eigenvalue weighted by Crippen LogP contribution is 2.28. The average molecular weight is 442 g/mol. The van der Waals surface area contributed by atoms with Crippen molar-refractivity contribution < 1.29 is 4.79 Å². The maximum atomic E-state index is 12.4. The fourth-order valence-electron chi connectivity index (χ4n) is 2.67. The highest BCUT2D eigenvalue weighted by Gasteiger charge is 2.24. The Balaban J connectivity index is 2.23. The van der Waals surface area contributed by atoms with E-state index in [1.54, 1.807) is 36.7 Å². The zero-order valence-corrected chi connectivity index (χ0v) is 19.2. The number of allylic oxidation sites excluding steroid dienone is 2. The lowest BCUT2D eigenvalue weighted by Gasteiger charge is -2.21. The number of carbonyl (C=O) groups is 1. The number of pyridine rings is 1. The van der Waals surface area contributed by atoms with Gasteiger partial charge in [-0.05, 0) is 58.4 Å². The van der Waals surface area contributed by atoms with Crippen LogP contribution >= 0.6 is 11.6 Å². The lowest BCUT2D eigenvalue weighted by atomic mass is 10.0.